The minimum atomic E-state index is 0. The molecule has 522 valence electrons. The smallest absolute Gasteiger partial charge is 0.412 e. The molecular weight excluding hydrogens is 1790 g/mol. The second kappa shape index (κ2) is 98.2. The average molecular weight is 1880 g/mol. The molecule has 0 aliphatic rings. The molecule has 0 aliphatic carbocycles. The molecule has 0 aromatic rings. The van der Waals surface area contributed by atoms with E-state index in [1.165, 1.54) is 77.0 Å². The van der Waals surface area contributed by atoms with Crippen LogP contribution in [0.15, 0.2) is 0 Å². The van der Waals surface area contributed by atoms with E-state index in [2.05, 4.69) is 63.8 Å². The summed E-state index contributed by atoms with van der Waals surface area (Å²) in [7, 11) is 0. The molecule has 0 heterocycles. The molecule has 0 spiro atoms. The van der Waals surface area contributed by atoms with Gasteiger partial charge in [-0.25, -0.2) is 0 Å². The Hall–Kier alpha value is 3.87. The van der Waals surface area contributed by atoms with Gasteiger partial charge < -0.3 is 362 Å². The van der Waals surface area contributed by atoms with Gasteiger partial charge in [-0.3, -0.25) is 0 Å². The number of thiocarbonyl (C=S) groups is 12. The van der Waals surface area contributed by atoms with Crippen molar-refractivity contribution in [1.29, 1.82) is 0 Å². The van der Waals surface area contributed by atoms with Crippen molar-refractivity contribution in [1.82, 2.24) is 63.8 Å². The molecule has 0 rings (SSSR count). The third kappa shape index (κ3) is 152. The van der Waals surface area contributed by atoms with Crippen LogP contribution in [-0.2, 0) is 236 Å². The molecule has 0 saturated carbocycles. The van der Waals surface area contributed by atoms with Crippen molar-refractivity contribution in [3.8, 4) is 0 Å². The summed E-state index contributed by atoms with van der Waals surface area (Å²) in [5, 5.41) is 35.4. The van der Waals surface area contributed by atoms with Crippen molar-refractivity contribution in [3.05, 3.63) is 0 Å². The van der Waals surface area contributed by atoms with Crippen molar-refractivity contribution in [3.63, 3.8) is 0 Å². The zero-order valence-corrected chi connectivity index (χ0v) is 74.1. The Morgan fingerprint density at radius 3 is 0.247 bits per heavy atom. The molecule has 0 saturated heterocycles. The van der Waals surface area contributed by atoms with Crippen LogP contribution in [0, 0.1) is 0 Å². The molecule has 0 atom stereocenters. The maximum atomic E-state index is 4.71. The first-order valence-electron chi connectivity index (χ1n) is 27.1. The van der Waals surface area contributed by atoms with Gasteiger partial charge in [-0.1, -0.05) is 129 Å². The largest absolute Gasteiger partial charge is 3.00 e. The minimum Gasteiger partial charge on any atom is -0.412 e. The summed E-state index contributed by atoms with van der Waals surface area (Å²) >= 11 is 113. The van der Waals surface area contributed by atoms with Gasteiger partial charge >= 0.3 is 84.2 Å². The molecule has 2 radical (unpaired) electrons. The van der Waals surface area contributed by atoms with Crippen LogP contribution in [0.3, 0.4) is 0 Å². The normalized spacial score (nSPS) is 8.90. The third-order valence-electron chi connectivity index (χ3n) is 9.85. The fraction of sp³-hybridized carbons (Fsp3) is 0.750. The van der Waals surface area contributed by atoms with Gasteiger partial charge in [0.1, 0.15) is 0 Å². The Morgan fingerprint density at radius 2 is 0.202 bits per heavy atom. The van der Waals surface area contributed by atoms with Crippen LogP contribution in [0.1, 0.15) is 154 Å². The fourth-order valence-electron chi connectivity index (χ4n) is 5.91. The zero-order valence-electron chi connectivity index (χ0n) is 49.0. The van der Waals surface area contributed by atoms with Crippen molar-refractivity contribution in [2.75, 3.05) is 78.5 Å². The molecule has 12 nitrogen and oxygen atoms in total. The molecule has 0 amide bonds. The Labute approximate surface area is 720 Å². The number of rotatable bonds is 42. The zero-order chi connectivity index (χ0) is 64.9. The van der Waals surface area contributed by atoms with E-state index in [-0.39, 0.29) is 84.2 Å². The Kier molecular flexibility index (Phi) is 129. The first-order valence-corrected chi connectivity index (χ1v) is 36.9. The molecule has 0 aromatic heterocycles. The molecule has 0 aromatic carbocycles. The van der Waals surface area contributed by atoms with Crippen LogP contribution in [0.25, 0.3) is 0 Å². The van der Waals surface area contributed by atoms with Gasteiger partial charge in [0.15, 0.2) is 0 Å². The molecular formula is C48H84Cr2N12Ni3S24. The van der Waals surface area contributed by atoms with Crippen molar-refractivity contribution >= 4 is 350 Å². The third-order valence-corrected chi connectivity index (χ3v) is 13.3. The summed E-state index contributed by atoms with van der Waals surface area (Å²) in [6.45, 7) is 10.6. The van der Waals surface area contributed by atoms with Crippen LogP contribution < -0.4 is 63.8 Å². The molecule has 0 aliphatic heterocycles. The van der Waals surface area contributed by atoms with E-state index in [0.29, 0.717) is 51.8 Å². The van der Waals surface area contributed by atoms with Gasteiger partial charge in [0, 0.05) is 78.5 Å². The van der Waals surface area contributed by atoms with Crippen molar-refractivity contribution < 1.29 is 84.2 Å². The topological polar surface area (TPSA) is 144 Å². The summed E-state index contributed by atoms with van der Waals surface area (Å²) in [6, 6.07) is 0. The van der Waals surface area contributed by atoms with Gasteiger partial charge in [-0.2, -0.15) is 0 Å². The van der Waals surface area contributed by atoms with E-state index in [1.807, 2.05) is 0 Å². The van der Waals surface area contributed by atoms with Gasteiger partial charge in [-0.05, 0) is 77.0 Å². The molecule has 0 unspecified atom stereocenters. The maximum absolute atomic E-state index is 4.71. The van der Waals surface area contributed by atoms with Gasteiger partial charge in [0.2, 0.25) is 0 Å². The maximum Gasteiger partial charge on any atom is 3.00 e. The van der Waals surface area contributed by atoms with Crippen LogP contribution >= 0.6 is 147 Å². The van der Waals surface area contributed by atoms with Crippen molar-refractivity contribution in [2.45, 2.75) is 154 Å². The van der Waals surface area contributed by atoms with Crippen LogP contribution in [0.4, 0.5) is 0 Å². The van der Waals surface area contributed by atoms with Crippen molar-refractivity contribution in [2.24, 2.45) is 0 Å². The van der Waals surface area contributed by atoms with E-state index in [1.54, 1.807) is 0 Å². The van der Waals surface area contributed by atoms with Crippen LogP contribution in [0.2, 0.25) is 0 Å². The van der Waals surface area contributed by atoms with E-state index < -0.39 is 0 Å². The summed E-state index contributed by atoms with van der Waals surface area (Å²) in [4.78, 5) is 0. The molecule has 0 bridgehead atoms. The van der Waals surface area contributed by atoms with E-state index >= 15 is 0 Å². The van der Waals surface area contributed by atoms with E-state index in [9.17, 15) is 0 Å². The Bertz CT molecular complexity index is 1330. The fourth-order valence-corrected chi connectivity index (χ4v) is 8.36. The minimum absolute atomic E-state index is 0. The van der Waals surface area contributed by atoms with E-state index in [4.69, 9.17) is 298 Å². The Morgan fingerprint density at radius 1 is 0.146 bits per heavy atom. The molecule has 0 fully saturated rings. The average Bonchev–Trinajstić information content (AvgIpc) is 3.38. The summed E-state index contributed by atoms with van der Waals surface area (Å²) in [6.07, 6.45) is 27.4. The predicted octanol–water partition coefficient (Wildman–Crippen LogP) is 8.33. The van der Waals surface area contributed by atoms with Gasteiger partial charge in [0.05, 0.1) is 0 Å². The second-order valence-corrected chi connectivity index (χ2v) is 30.0. The first-order chi connectivity index (χ1) is 39.8. The monoisotopic (exact) mass is 1870 g/mol. The summed E-state index contributed by atoms with van der Waals surface area (Å²) in [5.41, 5.74) is 0. The standard InChI is InChI=1S/6C8H16N2S4.2Cr.3Ni/c6*11-7(12)9-5-3-1-2-4-6-10-8(13)14;;;;;/h6*1-6H2,(H2,9,11,12)(H2,10,13,14);;;;;/q;;;;;;2*+3;3*+2/p-12. The molecule has 12 N–H and O–H groups in total. The first kappa shape index (κ1) is 117. The SMILES string of the molecule is S=C([S-])NCCCCCCNC(=S)[S-].S=C([S-])NCCCCCCNC(=S)[S-].S=C([S-])NCCCCCCNC(=S)[S-].S=C([S-])NCCCCCCNC(=S)[S-].S=C([S-])NCCCCCCNC(=S)[S-].S=C([S-])NCCCCCCNC(=S)[S-].[Cr+3].[Cr+3].[Ni+2].[Ni+2].[Ni+2]. The Balaban J connectivity index is -0.0000000901. The number of unbranched alkanes of at least 4 members (excludes halogenated alkanes) is 18. The second-order valence-electron chi connectivity index (χ2n) is 17.1. The van der Waals surface area contributed by atoms with Gasteiger partial charge in [-0.15, -0.1) is 0 Å². The predicted molar refractivity (Wildman–Crippen MR) is 446 cm³/mol. The number of nitrogens with one attached hydrogen (secondary N) is 12. The summed E-state index contributed by atoms with van der Waals surface area (Å²) in [5.74, 6) is 0. The van der Waals surface area contributed by atoms with Gasteiger partial charge in [0.25, 0.3) is 0 Å². The molecule has 41 heteroatoms. The number of hydrogen-bond donors (Lipinski definition) is 12. The number of hydrogen-bond acceptors (Lipinski definition) is 24. The molecule has 89 heavy (non-hydrogen) atoms. The van der Waals surface area contributed by atoms with Crippen LogP contribution in [0.5, 0.6) is 0 Å². The van der Waals surface area contributed by atoms with Crippen LogP contribution in [-0.4, -0.2) is 130 Å². The summed E-state index contributed by atoms with van der Waals surface area (Å²) < 4.78 is 5.53. The quantitative estimate of drug-likeness (QED) is 0.0123. The van der Waals surface area contributed by atoms with E-state index in [0.717, 1.165) is 156 Å².